The summed E-state index contributed by atoms with van der Waals surface area (Å²) < 4.78 is 10.5. The molecule has 0 atom stereocenters. The first-order valence-electron chi connectivity index (χ1n) is 15.9. The summed E-state index contributed by atoms with van der Waals surface area (Å²) in [5.41, 5.74) is -0.153. The molecule has 258 valence electrons. The maximum absolute atomic E-state index is 12.6. The lowest BCUT2D eigenvalue weighted by molar-refractivity contribution is -0.384. The number of anilines is 2. The van der Waals surface area contributed by atoms with Crippen LogP contribution in [0.3, 0.4) is 0 Å². The molecule has 15 nitrogen and oxygen atoms in total. The van der Waals surface area contributed by atoms with E-state index in [9.17, 15) is 24.5 Å². The SMILES string of the molecule is CC(C)(C)OC(=O)NCCNC(=O)c1cccc(CNc2ncc([N+](=O)[O-])c(NC[C@H]3CC[C@H](CNC(=O)OC(C)(C)C)CC3)n2)c1. The minimum Gasteiger partial charge on any atom is -0.444 e. The van der Waals surface area contributed by atoms with Crippen molar-refractivity contribution in [2.24, 2.45) is 11.8 Å². The van der Waals surface area contributed by atoms with Crippen LogP contribution in [0.5, 0.6) is 0 Å². The van der Waals surface area contributed by atoms with E-state index in [0.29, 0.717) is 30.5 Å². The van der Waals surface area contributed by atoms with Crippen LogP contribution in [0, 0.1) is 22.0 Å². The number of ether oxygens (including phenoxy) is 2. The molecule has 2 aromatic rings. The first-order chi connectivity index (χ1) is 22.1. The Kier molecular flexibility index (Phi) is 13.1. The second kappa shape index (κ2) is 16.7. The molecule has 1 fully saturated rings. The maximum atomic E-state index is 12.6. The van der Waals surface area contributed by atoms with Gasteiger partial charge >= 0.3 is 17.9 Å². The molecule has 0 bridgehead atoms. The molecular formula is C32H48N8O7. The summed E-state index contributed by atoms with van der Waals surface area (Å²) in [6, 6.07) is 6.97. The van der Waals surface area contributed by atoms with Crippen molar-refractivity contribution in [2.45, 2.75) is 85.0 Å². The quantitative estimate of drug-likeness (QED) is 0.110. The molecule has 1 aliphatic carbocycles. The summed E-state index contributed by atoms with van der Waals surface area (Å²) in [6.07, 6.45) is 3.90. The van der Waals surface area contributed by atoms with E-state index in [1.54, 1.807) is 39.0 Å². The predicted octanol–water partition coefficient (Wildman–Crippen LogP) is 4.99. The third-order valence-electron chi connectivity index (χ3n) is 7.14. The van der Waals surface area contributed by atoms with Crippen LogP contribution < -0.4 is 26.6 Å². The van der Waals surface area contributed by atoms with Crippen molar-refractivity contribution in [3.8, 4) is 0 Å². The number of carbonyl (C=O) groups excluding carboxylic acids is 3. The van der Waals surface area contributed by atoms with E-state index < -0.39 is 28.3 Å². The van der Waals surface area contributed by atoms with Crippen LogP contribution in [0.4, 0.5) is 27.0 Å². The molecule has 1 aromatic carbocycles. The molecule has 3 rings (SSSR count). The van der Waals surface area contributed by atoms with E-state index in [1.807, 2.05) is 26.8 Å². The lowest BCUT2D eigenvalue weighted by atomic mass is 9.82. The number of amides is 3. The Balaban J connectivity index is 1.47. The number of rotatable bonds is 13. The van der Waals surface area contributed by atoms with Crippen LogP contribution in [0.1, 0.15) is 83.1 Å². The summed E-state index contributed by atoms with van der Waals surface area (Å²) in [4.78, 5) is 55.9. The second-order valence-corrected chi connectivity index (χ2v) is 13.6. The Morgan fingerprint density at radius 2 is 1.47 bits per heavy atom. The zero-order valence-electron chi connectivity index (χ0n) is 28.1. The Labute approximate surface area is 275 Å². The minimum absolute atomic E-state index is 0.134. The van der Waals surface area contributed by atoms with Gasteiger partial charge in [0.25, 0.3) is 5.91 Å². The van der Waals surface area contributed by atoms with Gasteiger partial charge in [0.2, 0.25) is 11.8 Å². The molecule has 0 unspecified atom stereocenters. The highest BCUT2D eigenvalue weighted by Gasteiger charge is 2.25. The molecule has 15 heteroatoms. The number of alkyl carbamates (subject to hydrolysis) is 2. The van der Waals surface area contributed by atoms with Gasteiger partial charge in [-0.25, -0.2) is 14.6 Å². The molecule has 1 aromatic heterocycles. The lowest BCUT2D eigenvalue weighted by Crippen LogP contribution is -2.37. The van der Waals surface area contributed by atoms with Gasteiger partial charge in [-0.2, -0.15) is 4.98 Å². The predicted molar refractivity (Wildman–Crippen MR) is 177 cm³/mol. The minimum atomic E-state index is -0.607. The molecule has 0 radical (unpaired) electrons. The zero-order valence-corrected chi connectivity index (χ0v) is 28.1. The van der Waals surface area contributed by atoms with Gasteiger partial charge in [-0.05, 0) is 96.8 Å². The number of nitrogens with zero attached hydrogens (tertiary/aromatic N) is 3. The second-order valence-electron chi connectivity index (χ2n) is 13.6. The standard InChI is InChI=1S/C32H48N8O7/c1-31(2,3)46-29(42)34-15-14-33-27(41)24-9-7-8-23(16-24)19-36-28-37-20-25(40(44)45)26(39-28)35-17-21-10-12-22(13-11-21)18-38-30(43)47-32(4,5)6/h7-9,16,20-22H,10-15,17-19H2,1-6H3,(H,33,41)(H,34,42)(H,38,43)(H2,35,36,37,39)/t21-,22-. The van der Waals surface area contributed by atoms with Crippen molar-refractivity contribution in [3.05, 3.63) is 51.7 Å². The summed E-state index contributed by atoms with van der Waals surface area (Å²) >= 11 is 0. The summed E-state index contributed by atoms with van der Waals surface area (Å²) in [5.74, 6) is 0.700. The van der Waals surface area contributed by atoms with Crippen molar-refractivity contribution in [2.75, 3.05) is 36.8 Å². The zero-order chi connectivity index (χ0) is 34.6. The molecule has 0 spiro atoms. The number of nitrogens with one attached hydrogen (secondary N) is 5. The normalized spacial score (nSPS) is 16.4. The Morgan fingerprint density at radius 3 is 2.09 bits per heavy atom. The van der Waals surface area contributed by atoms with Crippen molar-refractivity contribution in [1.82, 2.24) is 25.9 Å². The molecule has 1 saturated carbocycles. The Morgan fingerprint density at radius 1 is 0.872 bits per heavy atom. The van der Waals surface area contributed by atoms with Gasteiger partial charge in [-0.3, -0.25) is 14.9 Å². The van der Waals surface area contributed by atoms with Gasteiger partial charge in [-0.1, -0.05) is 12.1 Å². The fraction of sp³-hybridized carbons (Fsp3) is 0.594. The van der Waals surface area contributed by atoms with Crippen LogP contribution in [-0.2, 0) is 16.0 Å². The highest BCUT2D eigenvalue weighted by atomic mass is 16.6. The molecule has 1 aliphatic rings. The topological polar surface area (TPSA) is 199 Å². The first kappa shape index (κ1) is 36.8. The fourth-order valence-corrected chi connectivity index (χ4v) is 4.91. The van der Waals surface area contributed by atoms with Gasteiger partial charge in [0.15, 0.2) is 0 Å². The van der Waals surface area contributed by atoms with E-state index in [2.05, 4.69) is 36.6 Å². The van der Waals surface area contributed by atoms with E-state index in [0.717, 1.165) is 31.2 Å². The summed E-state index contributed by atoms with van der Waals surface area (Å²) in [6.45, 7) is 12.6. The summed E-state index contributed by atoms with van der Waals surface area (Å²) in [5, 5.41) is 26.1. The average molecular weight is 657 g/mol. The smallest absolute Gasteiger partial charge is 0.407 e. The number of hydrogen-bond acceptors (Lipinski definition) is 11. The van der Waals surface area contributed by atoms with Crippen molar-refractivity contribution < 1.29 is 28.8 Å². The summed E-state index contributed by atoms with van der Waals surface area (Å²) in [7, 11) is 0. The number of carbonyl (C=O) groups is 3. The average Bonchev–Trinajstić information content (AvgIpc) is 2.99. The number of benzene rings is 1. The van der Waals surface area contributed by atoms with E-state index in [-0.39, 0.29) is 43.0 Å². The Bertz CT molecular complexity index is 1380. The van der Waals surface area contributed by atoms with Crippen molar-refractivity contribution in [3.63, 3.8) is 0 Å². The molecule has 1 heterocycles. The largest absolute Gasteiger partial charge is 0.444 e. The molecular weight excluding hydrogens is 608 g/mol. The first-order valence-corrected chi connectivity index (χ1v) is 15.9. The van der Waals surface area contributed by atoms with Crippen molar-refractivity contribution in [1.29, 1.82) is 0 Å². The number of nitro groups is 1. The lowest BCUT2D eigenvalue weighted by Gasteiger charge is -2.29. The molecule has 5 N–H and O–H groups in total. The number of aromatic nitrogens is 2. The highest BCUT2D eigenvalue weighted by Crippen LogP contribution is 2.30. The van der Waals surface area contributed by atoms with Gasteiger partial charge in [0, 0.05) is 38.3 Å². The Hall–Kier alpha value is -4.69. The molecule has 47 heavy (non-hydrogen) atoms. The molecule has 3 amide bonds. The van der Waals surface area contributed by atoms with Crippen LogP contribution in [0.15, 0.2) is 30.5 Å². The third-order valence-corrected chi connectivity index (χ3v) is 7.14. The number of hydrogen-bond donors (Lipinski definition) is 5. The van der Waals surface area contributed by atoms with E-state index >= 15 is 0 Å². The van der Waals surface area contributed by atoms with Crippen LogP contribution >= 0.6 is 0 Å². The monoisotopic (exact) mass is 656 g/mol. The van der Waals surface area contributed by atoms with Gasteiger partial charge in [0.05, 0.1) is 4.92 Å². The molecule has 0 aliphatic heterocycles. The third kappa shape index (κ3) is 13.7. The molecule has 0 saturated heterocycles. The van der Waals surface area contributed by atoms with E-state index in [1.165, 1.54) is 6.20 Å². The van der Waals surface area contributed by atoms with Crippen LogP contribution in [0.2, 0.25) is 0 Å². The van der Waals surface area contributed by atoms with E-state index in [4.69, 9.17) is 9.47 Å². The maximum Gasteiger partial charge on any atom is 0.407 e. The van der Waals surface area contributed by atoms with Crippen LogP contribution in [0.25, 0.3) is 0 Å². The van der Waals surface area contributed by atoms with Crippen molar-refractivity contribution >= 4 is 35.5 Å². The van der Waals surface area contributed by atoms with Crippen LogP contribution in [-0.4, -0.2) is 70.4 Å². The fourth-order valence-electron chi connectivity index (χ4n) is 4.91. The van der Waals surface area contributed by atoms with Gasteiger partial charge in [-0.15, -0.1) is 0 Å². The van der Waals surface area contributed by atoms with Gasteiger partial charge in [0.1, 0.15) is 17.4 Å². The highest BCUT2D eigenvalue weighted by molar-refractivity contribution is 5.94. The van der Waals surface area contributed by atoms with Gasteiger partial charge < -0.3 is 36.1 Å².